The summed E-state index contributed by atoms with van der Waals surface area (Å²) in [6.45, 7) is 6.39. The lowest BCUT2D eigenvalue weighted by Gasteiger charge is -2.23. The van der Waals surface area contributed by atoms with E-state index in [1.807, 2.05) is 18.2 Å². The molecule has 0 amide bonds. The quantitative estimate of drug-likeness (QED) is 0.782. The first-order valence-electron chi connectivity index (χ1n) is 6.24. The van der Waals surface area contributed by atoms with Crippen LogP contribution in [0.4, 0.5) is 0 Å². The third-order valence-corrected chi connectivity index (χ3v) is 3.25. The molecule has 0 bridgehead atoms. The van der Waals surface area contributed by atoms with Crippen molar-refractivity contribution in [1.29, 1.82) is 0 Å². The standard InChI is InChI=1S/C15H17BrN2O2/c1-15(2,3)11-7-10(19-4)5-6-12(11)20-14-8-13(16)17-9-18-14/h5-9H,1-4H3. The van der Waals surface area contributed by atoms with E-state index in [1.54, 1.807) is 13.2 Å². The molecular weight excluding hydrogens is 320 g/mol. The van der Waals surface area contributed by atoms with Crippen LogP contribution >= 0.6 is 15.9 Å². The summed E-state index contributed by atoms with van der Waals surface area (Å²) in [6.07, 6.45) is 1.46. The molecule has 1 aromatic heterocycles. The van der Waals surface area contributed by atoms with Gasteiger partial charge in [-0.1, -0.05) is 20.8 Å². The predicted molar refractivity (Wildman–Crippen MR) is 81.5 cm³/mol. The molecule has 106 valence electrons. The topological polar surface area (TPSA) is 44.2 Å². The molecule has 0 aliphatic rings. The van der Waals surface area contributed by atoms with E-state index < -0.39 is 0 Å². The van der Waals surface area contributed by atoms with Crippen molar-refractivity contribution in [2.75, 3.05) is 7.11 Å². The molecule has 0 aliphatic carbocycles. The van der Waals surface area contributed by atoms with Gasteiger partial charge in [-0.05, 0) is 39.5 Å². The molecule has 0 aliphatic heterocycles. The number of hydrogen-bond acceptors (Lipinski definition) is 4. The molecule has 0 fully saturated rings. The van der Waals surface area contributed by atoms with Gasteiger partial charge in [0, 0.05) is 11.6 Å². The minimum atomic E-state index is -0.0614. The number of aromatic nitrogens is 2. The number of rotatable bonds is 3. The van der Waals surface area contributed by atoms with Crippen molar-refractivity contribution in [2.45, 2.75) is 26.2 Å². The third-order valence-electron chi connectivity index (χ3n) is 2.82. The van der Waals surface area contributed by atoms with Gasteiger partial charge in [-0.25, -0.2) is 9.97 Å². The maximum absolute atomic E-state index is 5.88. The highest BCUT2D eigenvalue weighted by atomic mass is 79.9. The fraction of sp³-hybridized carbons (Fsp3) is 0.333. The van der Waals surface area contributed by atoms with E-state index in [2.05, 4.69) is 46.7 Å². The molecule has 0 radical (unpaired) electrons. The molecule has 20 heavy (non-hydrogen) atoms. The van der Waals surface area contributed by atoms with Gasteiger partial charge in [-0.15, -0.1) is 0 Å². The Morgan fingerprint density at radius 2 is 1.85 bits per heavy atom. The van der Waals surface area contributed by atoms with Gasteiger partial charge in [-0.3, -0.25) is 0 Å². The Balaban J connectivity index is 2.41. The molecule has 5 heteroatoms. The van der Waals surface area contributed by atoms with Crippen molar-refractivity contribution in [2.24, 2.45) is 0 Å². The van der Waals surface area contributed by atoms with Crippen molar-refractivity contribution < 1.29 is 9.47 Å². The number of nitrogens with zero attached hydrogens (tertiary/aromatic N) is 2. The maximum Gasteiger partial charge on any atom is 0.223 e. The smallest absolute Gasteiger partial charge is 0.223 e. The lowest BCUT2D eigenvalue weighted by atomic mass is 9.86. The molecule has 1 heterocycles. The van der Waals surface area contributed by atoms with Gasteiger partial charge in [-0.2, -0.15) is 0 Å². The highest BCUT2D eigenvalue weighted by Gasteiger charge is 2.20. The van der Waals surface area contributed by atoms with Gasteiger partial charge in [0.05, 0.1) is 7.11 Å². The summed E-state index contributed by atoms with van der Waals surface area (Å²) in [5, 5.41) is 0. The second kappa shape index (κ2) is 5.79. The minimum absolute atomic E-state index is 0.0614. The number of benzene rings is 1. The normalized spacial score (nSPS) is 11.2. The van der Waals surface area contributed by atoms with E-state index >= 15 is 0 Å². The lowest BCUT2D eigenvalue weighted by Crippen LogP contribution is -2.13. The van der Waals surface area contributed by atoms with Gasteiger partial charge in [0.15, 0.2) is 0 Å². The van der Waals surface area contributed by atoms with Crippen LogP contribution in [0.25, 0.3) is 0 Å². The van der Waals surface area contributed by atoms with Gasteiger partial charge >= 0.3 is 0 Å². The SMILES string of the molecule is COc1ccc(Oc2cc(Br)ncn2)c(C(C)(C)C)c1. The average molecular weight is 337 g/mol. The van der Waals surface area contributed by atoms with Crippen LogP contribution in [0.15, 0.2) is 35.2 Å². The Labute approximate surface area is 127 Å². The van der Waals surface area contributed by atoms with Crippen LogP contribution < -0.4 is 9.47 Å². The first-order chi connectivity index (χ1) is 9.40. The van der Waals surface area contributed by atoms with Crippen molar-refractivity contribution in [1.82, 2.24) is 9.97 Å². The largest absolute Gasteiger partial charge is 0.497 e. The second-order valence-electron chi connectivity index (χ2n) is 5.39. The summed E-state index contributed by atoms with van der Waals surface area (Å²) in [6, 6.07) is 7.50. The zero-order valence-corrected chi connectivity index (χ0v) is 13.6. The van der Waals surface area contributed by atoms with E-state index in [1.165, 1.54) is 6.33 Å². The number of hydrogen-bond donors (Lipinski definition) is 0. The van der Waals surface area contributed by atoms with Crippen LogP contribution in [-0.4, -0.2) is 17.1 Å². The summed E-state index contributed by atoms with van der Waals surface area (Å²) in [5.74, 6) is 2.08. The fourth-order valence-corrected chi connectivity index (χ4v) is 2.08. The Kier molecular flexibility index (Phi) is 4.28. The fourth-order valence-electron chi connectivity index (χ4n) is 1.80. The van der Waals surface area contributed by atoms with Gasteiger partial charge in [0.25, 0.3) is 0 Å². The monoisotopic (exact) mass is 336 g/mol. The molecule has 0 unspecified atom stereocenters. The summed E-state index contributed by atoms with van der Waals surface area (Å²) in [5.41, 5.74) is 1.00. The number of halogens is 1. The van der Waals surface area contributed by atoms with Crippen LogP contribution in [0.1, 0.15) is 26.3 Å². The second-order valence-corrected chi connectivity index (χ2v) is 6.21. The molecule has 0 saturated carbocycles. The highest BCUT2D eigenvalue weighted by molar-refractivity contribution is 9.10. The molecule has 0 saturated heterocycles. The number of methoxy groups -OCH3 is 1. The van der Waals surface area contributed by atoms with Crippen molar-refractivity contribution >= 4 is 15.9 Å². The van der Waals surface area contributed by atoms with E-state index in [0.29, 0.717) is 10.5 Å². The molecule has 2 aromatic rings. The first-order valence-corrected chi connectivity index (χ1v) is 7.03. The molecule has 2 rings (SSSR count). The highest BCUT2D eigenvalue weighted by Crippen LogP contribution is 2.36. The maximum atomic E-state index is 5.88. The first kappa shape index (κ1) is 14.8. The van der Waals surface area contributed by atoms with Crippen LogP contribution in [0, 0.1) is 0 Å². The van der Waals surface area contributed by atoms with Crippen molar-refractivity contribution in [3.8, 4) is 17.4 Å². The summed E-state index contributed by atoms with van der Waals surface area (Å²) in [7, 11) is 1.66. The van der Waals surface area contributed by atoms with E-state index in [9.17, 15) is 0 Å². The van der Waals surface area contributed by atoms with Crippen LogP contribution in [0.2, 0.25) is 0 Å². The Morgan fingerprint density at radius 3 is 2.45 bits per heavy atom. The predicted octanol–water partition coefficient (Wildman–Crippen LogP) is 4.34. The Morgan fingerprint density at radius 1 is 1.10 bits per heavy atom. The van der Waals surface area contributed by atoms with Gasteiger partial charge in [0.1, 0.15) is 22.4 Å². The molecule has 0 spiro atoms. The van der Waals surface area contributed by atoms with Crippen LogP contribution in [-0.2, 0) is 5.41 Å². The molecule has 1 aromatic carbocycles. The zero-order valence-electron chi connectivity index (χ0n) is 12.0. The van der Waals surface area contributed by atoms with Crippen LogP contribution in [0.5, 0.6) is 17.4 Å². The number of ether oxygens (including phenoxy) is 2. The molecular formula is C15H17BrN2O2. The van der Waals surface area contributed by atoms with Crippen molar-refractivity contribution in [3.63, 3.8) is 0 Å². The molecule has 0 atom stereocenters. The van der Waals surface area contributed by atoms with Crippen LogP contribution in [0.3, 0.4) is 0 Å². The minimum Gasteiger partial charge on any atom is -0.497 e. The summed E-state index contributed by atoms with van der Waals surface area (Å²) in [4.78, 5) is 8.09. The van der Waals surface area contributed by atoms with Gasteiger partial charge < -0.3 is 9.47 Å². The summed E-state index contributed by atoms with van der Waals surface area (Å²) >= 11 is 3.31. The van der Waals surface area contributed by atoms with Crippen molar-refractivity contribution in [3.05, 3.63) is 40.8 Å². The molecule has 0 N–H and O–H groups in total. The molecule has 4 nitrogen and oxygen atoms in total. The Bertz CT molecular complexity index is 609. The lowest BCUT2D eigenvalue weighted by molar-refractivity contribution is 0.405. The van der Waals surface area contributed by atoms with E-state index in [0.717, 1.165) is 17.1 Å². The average Bonchev–Trinajstić information content (AvgIpc) is 2.38. The summed E-state index contributed by atoms with van der Waals surface area (Å²) < 4.78 is 11.9. The Hall–Kier alpha value is -1.62. The van der Waals surface area contributed by atoms with E-state index in [-0.39, 0.29) is 5.41 Å². The van der Waals surface area contributed by atoms with Gasteiger partial charge in [0.2, 0.25) is 5.88 Å². The zero-order chi connectivity index (χ0) is 14.8. The van der Waals surface area contributed by atoms with E-state index in [4.69, 9.17) is 9.47 Å². The third kappa shape index (κ3) is 3.48.